The maximum absolute atomic E-state index is 14.3. The van der Waals surface area contributed by atoms with E-state index in [1.807, 2.05) is 23.6 Å². The van der Waals surface area contributed by atoms with Crippen molar-refractivity contribution in [3.63, 3.8) is 0 Å². The lowest BCUT2D eigenvalue weighted by atomic mass is 10.1. The molecule has 0 N–H and O–H groups in total. The van der Waals surface area contributed by atoms with Crippen molar-refractivity contribution in [3.8, 4) is 0 Å². The van der Waals surface area contributed by atoms with Gasteiger partial charge in [0.2, 0.25) is 5.91 Å². The molecule has 2 rings (SSSR count). The molecule has 6 nitrogen and oxygen atoms in total. The topological polar surface area (TPSA) is 66.7 Å². The van der Waals surface area contributed by atoms with Gasteiger partial charge >= 0.3 is 0 Å². The smallest absolute Gasteiger partial charge is 0.275 e. The predicted octanol–water partition coefficient (Wildman–Crippen LogP) is 2.88. The first kappa shape index (κ1) is 17.2. The molecule has 1 aliphatic rings. The van der Waals surface area contributed by atoms with Crippen LogP contribution in [-0.4, -0.2) is 41.4 Å². The number of carbonyl (C=O) groups is 1. The maximum atomic E-state index is 14.3. The molecular formula is C16H22FN3O3. The van der Waals surface area contributed by atoms with Gasteiger partial charge in [0.15, 0.2) is 5.82 Å². The van der Waals surface area contributed by atoms with Crippen molar-refractivity contribution < 1.29 is 14.1 Å². The number of piperazine rings is 1. The molecule has 1 aromatic carbocycles. The van der Waals surface area contributed by atoms with E-state index in [1.165, 1.54) is 6.07 Å². The molecule has 1 aliphatic heterocycles. The number of nitro benzene ring substituents is 1. The zero-order chi connectivity index (χ0) is 17.1. The van der Waals surface area contributed by atoms with Crippen LogP contribution in [0, 0.1) is 22.9 Å². The van der Waals surface area contributed by atoms with Gasteiger partial charge in [0, 0.05) is 37.7 Å². The van der Waals surface area contributed by atoms with Gasteiger partial charge in [0.05, 0.1) is 16.7 Å². The lowest BCUT2D eigenvalue weighted by molar-refractivity contribution is -0.385. The number of rotatable bonds is 4. The predicted molar refractivity (Wildman–Crippen MR) is 86.1 cm³/mol. The standard InChI is InChI=1S/C16H22FN3O3/c1-4-5-16(21)19-7-6-18(10-12(19)3)15-8-11(2)14(20(22)23)9-13(15)17/h8-9,12H,4-7,10H2,1-3H3/t12-/m1/s1. The molecule has 0 radical (unpaired) electrons. The molecule has 0 unspecified atom stereocenters. The molecule has 126 valence electrons. The number of benzene rings is 1. The first-order valence-corrected chi connectivity index (χ1v) is 7.84. The Kier molecular flexibility index (Phi) is 5.18. The molecule has 0 aromatic heterocycles. The van der Waals surface area contributed by atoms with E-state index < -0.39 is 10.7 Å². The van der Waals surface area contributed by atoms with Crippen LogP contribution in [0.1, 0.15) is 32.3 Å². The number of hydrogen-bond donors (Lipinski definition) is 0. The van der Waals surface area contributed by atoms with Gasteiger partial charge in [-0.2, -0.15) is 0 Å². The van der Waals surface area contributed by atoms with Crippen LogP contribution in [-0.2, 0) is 4.79 Å². The molecule has 1 atom stereocenters. The molecule has 1 aromatic rings. The number of amides is 1. The van der Waals surface area contributed by atoms with Gasteiger partial charge in [0.25, 0.3) is 5.69 Å². The molecule has 0 aliphatic carbocycles. The van der Waals surface area contributed by atoms with Crippen LogP contribution in [0.4, 0.5) is 15.8 Å². The minimum Gasteiger partial charge on any atom is -0.365 e. The maximum Gasteiger partial charge on any atom is 0.275 e. The van der Waals surface area contributed by atoms with Crippen LogP contribution in [0.2, 0.25) is 0 Å². The minimum absolute atomic E-state index is 0.0160. The Morgan fingerprint density at radius 2 is 2.13 bits per heavy atom. The van der Waals surface area contributed by atoms with Crippen molar-refractivity contribution >= 4 is 17.3 Å². The third kappa shape index (κ3) is 3.60. The Morgan fingerprint density at radius 3 is 2.70 bits per heavy atom. The second-order valence-electron chi connectivity index (χ2n) is 5.98. The first-order chi connectivity index (χ1) is 10.8. The normalized spacial score (nSPS) is 18.2. The van der Waals surface area contributed by atoms with Gasteiger partial charge in [-0.25, -0.2) is 4.39 Å². The summed E-state index contributed by atoms with van der Waals surface area (Å²) >= 11 is 0. The molecule has 1 amide bonds. The lowest BCUT2D eigenvalue weighted by Gasteiger charge is -2.41. The Balaban J connectivity index is 2.17. The molecule has 1 fully saturated rings. The minimum atomic E-state index is -0.595. The summed E-state index contributed by atoms with van der Waals surface area (Å²) in [4.78, 5) is 26.0. The Labute approximate surface area is 135 Å². The molecule has 7 heteroatoms. The van der Waals surface area contributed by atoms with E-state index in [-0.39, 0.29) is 17.6 Å². The summed E-state index contributed by atoms with van der Waals surface area (Å²) in [6.45, 7) is 7.09. The summed E-state index contributed by atoms with van der Waals surface area (Å²) in [7, 11) is 0. The summed E-state index contributed by atoms with van der Waals surface area (Å²) in [6, 6.07) is 2.48. The summed E-state index contributed by atoms with van der Waals surface area (Å²) in [5.74, 6) is -0.470. The number of carbonyl (C=O) groups excluding carboxylic acids is 1. The quantitative estimate of drug-likeness (QED) is 0.631. The van der Waals surface area contributed by atoms with E-state index in [0.29, 0.717) is 37.3 Å². The Bertz CT molecular complexity index is 621. The van der Waals surface area contributed by atoms with E-state index in [0.717, 1.165) is 12.5 Å². The average Bonchev–Trinajstić information content (AvgIpc) is 2.49. The largest absolute Gasteiger partial charge is 0.365 e. The highest BCUT2D eigenvalue weighted by molar-refractivity contribution is 5.77. The molecular weight excluding hydrogens is 301 g/mol. The molecule has 0 saturated carbocycles. The number of nitro groups is 1. The fourth-order valence-electron chi connectivity index (χ4n) is 3.00. The van der Waals surface area contributed by atoms with E-state index in [4.69, 9.17) is 0 Å². The molecule has 1 saturated heterocycles. The fraction of sp³-hybridized carbons (Fsp3) is 0.562. The average molecular weight is 323 g/mol. The second kappa shape index (κ2) is 6.93. The summed E-state index contributed by atoms with van der Waals surface area (Å²) in [6.07, 6.45) is 1.33. The van der Waals surface area contributed by atoms with Crippen molar-refractivity contribution in [2.24, 2.45) is 0 Å². The lowest BCUT2D eigenvalue weighted by Crippen LogP contribution is -2.54. The third-order valence-electron chi connectivity index (χ3n) is 4.21. The van der Waals surface area contributed by atoms with Crippen LogP contribution in [0.3, 0.4) is 0 Å². The van der Waals surface area contributed by atoms with Crippen molar-refractivity contribution in [1.82, 2.24) is 4.90 Å². The van der Waals surface area contributed by atoms with Crippen molar-refractivity contribution in [3.05, 3.63) is 33.6 Å². The number of aryl methyl sites for hydroxylation is 1. The monoisotopic (exact) mass is 323 g/mol. The van der Waals surface area contributed by atoms with Gasteiger partial charge in [0.1, 0.15) is 0 Å². The summed E-state index contributed by atoms with van der Waals surface area (Å²) in [5.41, 5.74) is 0.585. The van der Waals surface area contributed by atoms with Gasteiger partial charge in [-0.05, 0) is 26.3 Å². The van der Waals surface area contributed by atoms with Gasteiger partial charge in [-0.3, -0.25) is 14.9 Å². The van der Waals surface area contributed by atoms with Gasteiger partial charge in [-0.1, -0.05) is 6.92 Å². The third-order valence-corrected chi connectivity index (χ3v) is 4.21. The number of anilines is 1. The zero-order valence-electron chi connectivity index (χ0n) is 13.7. The highest BCUT2D eigenvalue weighted by Crippen LogP contribution is 2.29. The second-order valence-corrected chi connectivity index (χ2v) is 5.98. The molecule has 1 heterocycles. The summed E-state index contributed by atoms with van der Waals surface area (Å²) < 4.78 is 14.3. The molecule has 0 bridgehead atoms. The molecule has 0 spiro atoms. The van der Waals surface area contributed by atoms with Gasteiger partial charge in [-0.15, -0.1) is 0 Å². The molecule has 23 heavy (non-hydrogen) atoms. The van der Waals surface area contributed by atoms with Crippen LogP contribution >= 0.6 is 0 Å². The van der Waals surface area contributed by atoms with E-state index in [9.17, 15) is 19.3 Å². The van der Waals surface area contributed by atoms with Crippen LogP contribution in [0.25, 0.3) is 0 Å². The zero-order valence-corrected chi connectivity index (χ0v) is 13.7. The van der Waals surface area contributed by atoms with Crippen molar-refractivity contribution in [1.29, 1.82) is 0 Å². The first-order valence-electron chi connectivity index (χ1n) is 7.84. The van der Waals surface area contributed by atoms with Crippen molar-refractivity contribution in [2.45, 2.75) is 39.7 Å². The SMILES string of the molecule is CCCC(=O)N1CCN(c2cc(C)c([N+](=O)[O-])cc2F)C[C@H]1C. The number of halogens is 1. The van der Waals surface area contributed by atoms with Crippen molar-refractivity contribution in [2.75, 3.05) is 24.5 Å². The van der Waals surface area contributed by atoms with Crippen LogP contribution < -0.4 is 4.90 Å². The van der Waals surface area contributed by atoms with E-state index >= 15 is 0 Å². The van der Waals surface area contributed by atoms with Gasteiger partial charge < -0.3 is 9.80 Å². The van der Waals surface area contributed by atoms with E-state index in [2.05, 4.69) is 0 Å². The Hall–Kier alpha value is -2.18. The van der Waals surface area contributed by atoms with Crippen LogP contribution in [0.15, 0.2) is 12.1 Å². The summed E-state index contributed by atoms with van der Waals surface area (Å²) in [5, 5.41) is 10.9. The number of hydrogen-bond acceptors (Lipinski definition) is 4. The van der Waals surface area contributed by atoms with E-state index in [1.54, 1.807) is 6.92 Å². The Morgan fingerprint density at radius 1 is 1.43 bits per heavy atom. The highest BCUT2D eigenvalue weighted by Gasteiger charge is 2.29. The fourth-order valence-corrected chi connectivity index (χ4v) is 3.00. The highest BCUT2D eigenvalue weighted by atomic mass is 19.1. The van der Waals surface area contributed by atoms with Crippen LogP contribution in [0.5, 0.6) is 0 Å². The number of nitrogens with zero attached hydrogens (tertiary/aromatic N) is 3.